The quantitative estimate of drug-likeness (QED) is 0.480. The van der Waals surface area contributed by atoms with E-state index >= 15 is 0 Å². The molecule has 0 bridgehead atoms. The van der Waals surface area contributed by atoms with E-state index in [-0.39, 0.29) is 10.9 Å². The smallest absolute Gasteiger partial charge is 0.0654 e. The molecular formula is C22H23S+. The second-order valence-electron chi connectivity index (χ2n) is 5.68. The molecule has 23 heavy (non-hydrogen) atoms. The van der Waals surface area contributed by atoms with Crippen LogP contribution in [0.5, 0.6) is 0 Å². The Morgan fingerprint density at radius 3 is 1.57 bits per heavy atom. The molecule has 0 unspecified atom stereocenters. The van der Waals surface area contributed by atoms with E-state index in [1.54, 1.807) is 0 Å². The predicted molar refractivity (Wildman–Crippen MR) is 100 cm³/mol. The number of benzene rings is 3. The van der Waals surface area contributed by atoms with E-state index in [0.717, 1.165) is 0 Å². The lowest BCUT2D eigenvalue weighted by molar-refractivity contribution is 0.794. The number of hydrogen-bond donors (Lipinski definition) is 0. The van der Waals surface area contributed by atoms with Crippen molar-refractivity contribution in [1.29, 1.82) is 0 Å². The van der Waals surface area contributed by atoms with Crippen LogP contribution in [-0.2, 0) is 17.3 Å². The van der Waals surface area contributed by atoms with Gasteiger partial charge in [0.15, 0.2) is 14.7 Å². The van der Waals surface area contributed by atoms with Crippen molar-refractivity contribution in [2.45, 2.75) is 40.9 Å². The van der Waals surface area contributed by atoms with Crippen LogP contribution in [-0.4, -0.2) is 0 Å². The molecule has 0 aliphatic rings. The van der Waals surface area contributed by atoms with E-state index in [9.17, 15) is 0 Å². The van der Waals surface area contributed by atoms with Crippen molar-refractivity contribution in [1.82, 2.24) is 0 Å². The monoisotopic (exact) mass is 319 g/mol. The van der Waals surface area contributed by atoms with Crippen molar-refractivity contribution in [3.63, 3.8) is 0 Å². The van der Waals surface area contributed by atoms with E-state index < -0.39 is 0 Å². The van der Waals surface area contributed by atoms with Crippen molar-refractivity contribution in [2.24, 2.45) is 0 Å². The van der Waals surface area contributed by atoms with Gasteiger partial charge in [0.25, 0.3) is 0 Å². The van der Waals surface area contributed by atoms with Crippen molar-refractivity contribution in [3.05, 3.63) is 90.5 Å². The fraction of sp³-hybridized carbons (Fsp3) is 0.182. The molecule has 3 rings (SSSR count). The van der Waals surface area contributed by atoms with Gasteiger partial charge in [0.1, 0.15) is 0 Å². The zero-order chi connectivity index (χ0) is 15.9. The normalized spacial score (nSPS) is 10.9. The number of rotatable bonds is 6. The molecule has 0 radical (unpaired) electrons. The summed E-state index contributed by atoms with van der Waals surface area (Å²) in [5, 5.41) is 0. The first-order valence-corrected chi connectivity index (χ1v) is 9.54. The van der Waals surface area contributed by atoms with Crippen LogP contribution in [0.1, 0.15) is 25.3 Å². The SMILES string of the molecule is CCCCc1ccc([S+](c2ccccc2)c2ccccc2)cc1. The summed E-state index contributed by atoms with van der Waals surface area (Å²) in [6.07, 6.45) is 3.70. The molecule has 0 aromatic heterocycles. The summed E-state index contributed by atoms with van der Waals surface area (Å²) in [6.45, 7) is 2.25. The molecule has 0 saturated carbocycles. The largest absolute Gasteiger partial charge is 0.166 e. The molecular weight excluding hydrogens is 296 g/mol. The van der Waals surface area contributed by atoms with Crippen LogP contribution < -0.4 is 0 Å². The maximum atomic E-state index is 2.31. The summed E-state index contributed by atoms with van der Waals surface area (Å²) in [7, 11) is -0.0286. The van der Waals surface area contributed by atoms with Crippen LogP contribution in [0.4, 0.5) is 0 Å². The fourth-order valence-corrected chi connectivity index (χ4v) is 4.78. The molecule has 116 valence electrons. The molecule has 0 heterocycles. The van der Waals surface area contributed by atoms with Crippen LogP contribution >= 0.6 is 0 Å². The second-order valence-corrected chi connectivity index (χ2v) is 7.71. The van der Waals surface area contributed by atoms with Gasteiger partial charge in [-0.1, -0.05) is 61.9 Å². The van der Waals surface area contributed by atoms with Crippen molar-refractivity contribution < 1.29 is 0 Å². The van der Waals surface area contributed by atoms with Gasteiger partial charge in [0.05, 0.1) is 10.9 Å². The third kappa shape index (κ3) is 4.05. The topological polar surface area (TPSA) is 0 Å². The lowest BCUT2D eigenvalue weighted by atomic mass is 10.1. The van der Waals surface area contributed by atoms with Crippen molar-refractivity contribution in [3.8, 4) is 0 Å². The molecule has 0 amide bonds. The summed E-state index contributed by atoms with van der Waals surface area (Å²) in [5.74, 6) is 0. The van der Waals surface area contributed by atoms with Gasteiger partial charge in [-0.25, -0.2) is 0 Å². The molecule has 0 atom stereocenters. The minimum Gasteiger partial charge on any atom is -0.0654 e. The fourth-order valence-electron chi connectivity index (χ4n) is 2.69. The van der Waals surface area contributed by atoms with E-state index in [1.807, 2.05) is 0 Å². The standard InChI is InChI=1S/C22H23S/c1-2-3-10-19-15-17-22(18-16-19)23(20-11-6-4-7-12-20)21-13-8-5-9-14-21/h4-9,11-18H,2-3,10H2,1H3/q+1. The Morgan fingerprint density at radius 1 is 0.609 bits per heavy atom. The van der Waals surface area contributed by atoms with Gasteiger partial charge >= 0.3 is 0 Å². The van der Waals surface area contributed by atoms with E-state index in [4.69, 9.17) is 0 Å². The number of aryl methyl sites for hydroxylation is 1. The zero-order valence-electron chi connectivity index (χ0n) is 13.6. The molecule has 1 heteroatoms. The Bertz CT molecular complexity index is 662. The first kappa shape index (κ1) is 15.9. The van der Waals surface area contributed by atoms with Crippen molar-refractivity contribution >= 4 is 10.9 Å². The van der Waals surface area contributed by atoms with Crippen LogP contribution in [0.2, 0.25) is 0 Å². The van der Waals surface area contributed by atoms with Gasteiger partial charge in [-0.2, -0.15) is 0 Å². The maximum Gasteiger partial charge on any atom is 0.166 e. The summed E-state index contributed by atoms with van der Waals surface area (Å²) in [5.41, 5.74) is 1.44. The van der Waals surface area contributed by atoms with Crippen molar-refractivity contribution in [2.75, 3.05) is 0 Å². The Kier molecular flexibility index (Phi) is 5.55. The summed E-state index contributed by atoms with van der Waals surface area (Å²) in [6, 6.07) is 30.9. The second kappa shape index (κ2) is 8.03. The van der Waals surface area contributed by atoms with Crippen LogP contribution in [0.25, 0.3) is 0 Å². The van der Waals surface area contributed by atoms with Crippen LogP contribution in [0.3, 0.4) is 0 Å². The minimum absolute atomic E-state index is 0.0286. The first-order valence-electron chi connectivity index (χ1n) is 8.32. The van der Waals surface area contributed by atoms with Gasteiger partial charge in [0.2, 0.25) is 0 Å². The molecule has 0 saturated heterocycles. The number of hydrogen-bond acceptors (Lipinski definition) is 0. The van der Waals surface area contributed by atoms with Gasteiger partial charge in [-0.05, 0) is 54.8 Å². The highest BCUT2D eigenvalue weighted by Gasteiger charge is 2.27. The Labute approximate surface area is 142 Å². The van der Waals surface area contributed by atoms with Crippen LogP contribution in [0, 0.1) is 0 Å². The van der Waals surface area contributed by atoms with Gasteiger partial charge < -0.3 is 0 Å². The lowest BCUT2D eigenvalue weighted by Gasteiger charge is -2.08. The van der Waals surface area contributed by atoms with Crippen LogP contribution in [0.15, 0.2) is 99.6 Å². The Hall–Kier alpha value is -1.99. The van der Waals surface area contributed by atoms with Gasteiger partial charge in [0, 0.05) is 0 Å². The molecule has 0 nitrogen and oxygen atoms in total. The molecule has 0 fully saturated rings. The minimum atomic E-state index is -0.0286. The maximum absolute atomic E-state index is 2.31. The van der Waals surface area contributed by atoms with E-state index in [0.29, 0.717) is 0 Å². The summed E-state index contributed by atoms with van der Waals surface area (Å²) < 4.78 is 0. The van der Waals surface area contributed by atoms with Gasteiger partial charge in [-0.3, -0.25) is 0 Å². The molecule has 0 aliphatic heterocycles. The molecule has 0 aliphatic carbocycles. The molecule has 3 aromatic rings. The number of unbranched alkanes of at least 4 members (excludes halogenated alkanes) is 1. The molecule has 3 aromatic carbocycles. The third-order valence-electron chi connectivity index (χ3n) is 3.94. The van der Waals surface area contributed by atoms with E-state index in [2.05, 4.69) is 91.9 Å². The van der Waals surface area contributed by atoms with Gasteiger partial charge in [-0.15, -0.1) is 0 Å². The Balaban J connectivity index is 1.96. The van der Waals surface area contributed by atoms with E-state index in [1.165, 1.54) is 39.5 Å². The highest BCUT2D eigenvalue weighted by atomic mass is 32.2. The average Bonchev–Trinajstić information content (AvgIpc) is 2.63. The molecule has 0 spiro atoms. The zero-order valence-corrected chi connectivity index (χ0v) is 14.4. The highest BCUT2D eigenvalue weighted by Crippen LogP contribution is 2.31. The highest BCUT2D eigenvalue weighted by molar-refractivity contribution is 7.97. The predicted octanol–water partition coefficient (Wildman–Crippen LogP) is 6.12. The average molecular weight is 319 g/mol. The Morgan fingerprint density at radius 2 is 1.09 bits per heavy atom. The summed E-state index contributed by atoms with van der Waals surface area (Å²) in [4.78, 5) is 4.14. The lowest BCUT2D eigenvalue weighted by Crippen LogP contribution is -2.04. The molecule has 0 N–H and O–H groups in total. The summed E-state index contributed by atoms with van der Waals surface area (Å²) >= 11 is 0. The first-order chi connectivity index (χ1) is 11.4. The third-order valence-corrected chi connectivity index (χ3v) is 6.17.